The average Bonchev–Trinajstić information content (AvgIpc) is 2.68. The maximum absolute atomic E-state index is 11.3. The first-order valence-corrected chi connectivity index (χ1v) is 5.41. The summed E-state index contributed by atoms with van der Waals surface area (Å²) < 4.78 is 0. The summed E-state index contributed by atoms with van der Waals surface area (Å²) in [5, 5.41) is 0. The van der Waals surface area contributed by atoms with E-state index in [1.807, 2.05) is 19.1 Å². The number of aromatic amines is 1. The van der Waals surface area contributed by atoms with Gasteiger partial charge in [-0.2, -0.15) is 0 Å². The van der Waals surface area contributed by atoms with Gasteiger partial charge in [-0.15, -0.1) is 0 Å². The molecular weight excluding hydrogens is 212 g/mol. The van der Waals surface area contributed by atoms with Crippen LogP contribution < -0.4 is 0 Å². The van der Waals surface area contributed by atoms with E-state index in [0.29, 0.717) is 5.82 Å². The third kappa shape index (κ3) is 2.18. The Hall–Kier alpha value is -2.16. The third-order valence-corrected chi connectivity index (χ3v) is 2.71. The maximum atomic E-state index is 11.3. The molecule has 2 rings (SSSR count). The van der Waals surface area contributed by atoms with Crippen molar-refractivity contribution >= 4 is 22.9 Å². The lowest BCUT2D eigenvalue weighted by Crippen LogP contribution is -1.99. The lowest BCUT2D eigenvalue weighted by Gasteiger charge is -1.98. The van der Waals surface area contributed by atoms with E-state index in [1.165, 1.54) is 6.08 Å². The number of carbonyl (C=O) groups excluding carboxylic acids is 1. The quantitative estimate of drug-likeness (QED) is 0.815. The summed E-state index contributed by atoms with van der Waals surface area (Å²) in [5.74, 6) is 0.634. The van der Waals surface area contributed by atoms with E-state index in [1.54, 1.807) is 6.08 Å². The van der Waals surface area contributed by atoms with E-state index < -0.39 is 0 Å². The van der Waals surface area contributed by atoms with Crippen molar-refractivity contribution in [2.45, 2.75) is 13.3 Å². The molecule has 3 nitrogen and oxygen atoms in total. The fourth-order valence-corrected chi connectivity index (χ4v) is 1.77. The number of benzene rings is 1. The predicted octanol–water partition coefficient (Wildman–Crippen LogP) is 2.81. The molecule has 0 radical (unpaired) electrons. The van der Waals surface area contributed by atoms with Gasteiger partial charge in [0.1, 0.15) is 5.82 Å². The Balaban J connectivity index is 2.46. The second-order valence-electron chi connectivity index (χ2n) is 3.96. The van der Waals surface area contributed by atoms with Crippen LogP contribution in [0.3, 0.4) is 0 Å². The fourth-order valence-electron chi connectivity index (χ4n) is 1.77. The van der Waals surface area contributed by atoms with Crippen LogP contribution in [0.4, 0.5) is 0 Å². The van der Waals surface area contributed by atoms with E-state index in [4.69, 9.17) is 0 Å². The number of hydrogen-bond donors (Lipinski definition) is 1. The van der Waals surface area contributed by atoms with Gasteiger partial charge in [-0.3, -0.25) is 4.79 Å². The zero-order valence-electron chi connectivity index (χ0n) is 9.79. The van der Waals surface area contributed by atoms with Gasteiger partial charge in [0, 0.05) is 0 Å². The molecule has 0 aliphatic rings. The molecule has 86 valence electrons. The van der Waals surface area contributed by atoms with E-state index in [9.17, 15) is 4.79 Å². The molecule has 1 N–H and O–H groups in total. The first kappa shape index (κ1) is 11.3. The van der Waals surface area contributed by atoms with E-state index in [-0.39, 0.29) is 12.2 Å². The molecule has 0 saturated carbocycles. The lowest BCUT2D eigenvalue weighted by atomic mass is 10.1. The highest BCUT2D eigenvalue weighted by molar-refractivity contribution is 5.91. The molecule has 0 aliphatic heterocycles. The topological polar surface area (TPSA) is 45.8 Å². The van der Waals surface area contributed by atoms with Crippen molar-refractivity contribution in [3.63, 3.8) is 0 Å². The Kier molecular flexibility index (Phi) is 2.91. The zero-order valence-corrected chi connectivity index (χ0v) is 9.79. The number of hydrogen-bond acceptors (Lipinski definition) is 2. The highest BCUT2D eigenvalue weighted by Crippen LogP contribution is 2.19. The van der Waals surface area contributed by atoms with Gasteiger partial charge in [0.2, 0.25) is 0 Å². The van der Waals surface area contributed by atoms with E-state index in [0.717, 1.165) is 22.2 Å². The van der Waals surface area contributed by atoms with Crippen LogP contribution in [-0.4, -0.2) is 15.8 Å². The van der Waals surface area contributed by atoms with Crippen LogP contribution in [0.15, 0.2) is 31.4 Å². The van der Waals surface area contributed by atoms with Gasteiger partial charge in [0.25, 0.3) is 0 Å². The number of nitrogens with zero attached hydrogens (tertiary/aromatic N) is 1. The van der Waals surface area contributed by atoms with Crippen LogP contribution in [0.5, 0.6) is 0 Å². The van der Waals surface area contributed by atoms with Gasteiger partial charge in [-0.1, -0.05) is 19.2 Å². The summed E-state index contributed by atoms with van der Waals surface area (Å²) in [6.07, 6.45) is 3.38. The Morgan fingerprint density at radius 3 is 2.88 bits per heavy atom. The van der Waals surface area contributed by atoms with Crippen molar-refractivity contribution in [2.24, 2.45) is 0 Å². The smallest absolute Gasteiger partial charge is 0.162 e. The normalized spacial score (nSPS) is 10.4. The number of allylic oxidation sites excluding steroid dienone is 1. The van der Waals surface area contributed by atoms with Crippen LogP contribution in [-0.2, 0) is 11.2 Å². The predicted molar refractivity (Wildman–Crippen MR) is 69.8 cm³/mol. The molecule has 2 aromatic rings. The molecule has 1 aromatic heterocycles. The fraction of sp³-hybridized carbons (Fsp3) is 0.143. The van der Waals surface area contributed by atoms with Gasteiger partial charge in [0.15, 0.2) is 5.78 Å². The highest BCUT2D eigenvalue weighted by Gasteiger charge is 2.07. The SMILES string of the molecule is C=CC(=O)Cc1nc2cc(C=C)c(C)cc2[nH]1. The third-order valence-electron chi connectivity index (χ3n) is 2.71. The highest BCUT2D eigenvalue weighted by atomic mass is 16.1. The lowest BCUT2D eigenvalue weighted by molar-refractivity contribution is -0.114. The number of ketones is 1. The number of fused-ring (bicyclic) bond motifs is 1. The van der Waals surface area contributed by atoms with Crippen LogP contribution in [0.2, 0.25) is 0 Å². The molecular formula is C14H14N2O. The summed E-state index contributed by atoms with van der Waals surface area (Å²) in [6, 6.07) is 3.98. The zero-order chi connectivity index (χ0) is 12.4. The Bertz CT molecular complexity index is 608. The summed E-state index contributed by atoms with van der Waals surface area (Å²) >= 11 is 0. The van der Waals surface area contributed by atoms with Gasteiger partial charge < -0.3 is 4.98 Å². The van der Waals surface area contributed by atoms with Crippen molar-refractivity contribution < 1.29 is 4.79 Å². The minimum absolute atomic E-state index is 0.0373. The van der Waals surface area contributed by atoms with Crippen molar-refractivity contribution in [3.8, 4) is 0 Å². The average molecular weight is 226 g/mol. The van der Waals surface area contributed by atoms with Crippen molar-refractivity contribution in [1.82, 2.24) is 9.97 Å². The minimum Gasteiger partial charge on any atom is -0.342 e. The second kappa shape index (κ2) is 4.37. The molecule has 17 heavy (non-hydrogen) atoms. The van der Waals surface area contributed by atoms with Crippen LogP contribution in [0.25, 0.3) is 17.1 Å². The summed E-state index contributed by atoms with van der Waals surface area (Å²) in [7, 11) is 0. The van der Waals surface area contributed by atoms with E-state index in [2.05, 4.69) is 23.1 Å². The minimum atomic E-state index is -0.0373. The monoisotopic (exact) mass is 226 g/mol. The summed E-state index contributed by atoms with van der Waals surface area (Å²) in [6.45, 7) is 9.23. The second-order valence-corrected chi connectivity index (χ2v) is 3.96. The van der Waals surface area contributed by atoms with Gasteiger partial charge in [-0.25, -0.2) is 4.98 Å². The molecule has 1 aromatic carbocycles. The molecule has 0 bridgehead atoms. The largest absolute Gasteiger partial charge is 0.342 e. The maximum Gasteiger partial charge on any atom is 0.162 e. The number of aryl methyl sites for hydroxylation is 1. The van der Waals surface area contributed by atoms with Crippen LogP contribution >= 0.6 is 0 Å². The van der Waals surface area contributed by atoms with Crippen LogP contribution in [0, 0.1) is 6.92 Å². The number of imidazole rings is 1. The molecule has 0 atom stereocenters. The van der Waals surface area contributed by atoms with Crippen molar-refractivity contribution in [2.75, 3.05) is 0 Å². The standard InChI is InChI=1S/C14H14N2O/c1-4-10-7-13-12(6-9(10)3)15-14(16-13)8-11(17)5-2/h4-7H,1-2,8H2,3H3,(H,15,16). The Morgan fingerprint density at radius 2 is 2.24 bits per heavy atom. The van der Waals surface area contributed by atoms with E-state index >= 15 is 0 Å². The Labute approximate surface area is 99.9 Å². The molecule has 0 saturated heterocycles. The van der Waals surface area contributed by atoms with Crippen LogP contribution in [0.1, 0.15) is 17.0 Å². The molecule has 0 aliphatic carbocycles. The number of aromatic nitrogens is 2. The van der Waals surface area contributed by atoms with Crippen molar-refractivity contribution in [3.05, 3.63) is 48.3 Å². The Morgan fingerprint density at radius 1 is 1.47 bits per heavy atom. The number of carbonyl (C=O) groups is 1. The first-order chi connectivity index (χ1) is 8.13. The van der Waals surface area contributed by atoms with Gasteiger partial charge >= 0.3 is 0 Å². The number of H-pyrrole nitrogens is 1. The van der Waals surface area contributed by atoms with Gasteiger partial charge in [-0.05, 0) is 36.3 Å². The molecule has 1 heterocycles. The number of rotatable bonds is 4. The molecule has 0 unspecified atom stereocenters. The summed E-state index contributed by atoms with van der Waals surface area (Å²) in [5.41, 5.74) is 4.00. The van der Waals surface area contributed by atoms with Crippen molar-refractivity contribution in [1.29, 1.82) is 0 Å². The molecule has 0 spiro atoms. The molecule has 3 heteroatoms. The molecule has 0 amide bonds. The number of nitrogens with one attached hydrogen (secondary N) is 1. The summed E-state index contributed by atoms with van der Waals surface area (Å²) in [4.78, 5) is 18.8. The first-order valence-electron chi connectivity index (χ1n) is 5.41. The molecule has 0 fully saturated rings. The van der Waals surface area contributed by atoms with Gasteiger partial charge in [0.05, 0.1) is 17.5 Å².